The van der Waals surface area contributed by atoms with Crippen molar-refractivity contribution in [2.75, 3.05) is 33.3 Å². The minimum absolute atomic E-state index is 0.00233. The smallest absolute Gasteiger partial charge is 0.305 e. The first kappa shape index (κ1) is 78.1. The highest BCUT2D eigenvalue weighted by molar-refractivity contribution is 5.99. The van der Waals surface area contributed by atoms with Gasteiger partial charge in [0.2, 0.25) is 65.0 Å². The quantitative estimate of drug-likeness (QED) is 0.0153. The molecule has 0 unspecified atom stereocenters. The van der Waals surface area contributed by atoms with Crippen LogP contribution in [0.5, 0.6) is 0 Å². The topological polar surface area (TPSA) is 561 Å². The number of nitrogens with one attached hydrogen (secondary N) is 10. The highest BCUT2D eigenvalue weighted by Crippen LogP contribution is 2.14. The Hall–Kier alpha value is -7.94. The van der Waals surface area contributed by atoms with Crippen LogP contribution in [0.15, 0.2) is 9.98 Å². The molecule has 86 heavy (non-hydrogen) atoms. The molecule has 10 atom stereocenters. The lowest BCUT2D eigenvalue weighted by Gasteiger charge is -2.27. The predicted octanol–water partition coefficient (Wildman–Crippen LogP) is -5.56. The zero-order valence-electron chi connectivity index (χ0n) is 50.2. The summed E-state index contributed by atoms with van der Waals surface area (Å²) >= 11 is 0. The molecule has 490 valence electrons. The van der Waals surface area contributed by atoms with Crippen LogP contribution in [0.25, 0.3) is 0 Å². The molecule has 0 fully saturated rings. The molecule has 0 aliphatic heterocycles. The van der Waals surface area contributed by atoms with Crippen molar-refractivity contribution in [3.8, 4) is 0 Å². The minimum Gasteiger partial charge on any atom is -0.481 e. The summed E-state index contributed by atoms with van der Waals surface area (Å²) in [5.74, 6) is -13.4. The number of unbranched alkanes of at least 4 members (excludes halogenated alkanes) is 12. The number of rotatable bonds is 47. The van der Waals surface area contributed by atoms with E-state index in [0.717, 1.165) is 39.0 Å². The molecule has 0 saturated carbocycles. The molecule has 0 aromatic carbocycles. The molecule has 0 aromatic rings. The van der Waals surface area contributed by atoms with E-state index in [1.165, 1.54) is 65.8 Å². The van der Waals surface area contributed by atoms with Gasteiger partial charge in [0.1, 0.15) is 48.3 Å². The normalized spacial score (nSPS) is 14.4. The van der Waals surface area contributed by atoms with Crippen molar-refractivity contribution in [3.05, 3.63) is 0 Å². The molecular weight excluding hydrogens is 1130 g/mol. The van der Waals surface area contributed by atoms with E-state index >= 15 is 0 Å². The van der Waals surface area contributed by atoms with Crippen molar-refractivity contribution < 1.29 is 78.0 Å². The maximum atomic E-state index is 13.7. The number of nitrogens with two attached hydrogens (primary N) is 5. The number of hydrogen-bond donors (Lipinski definition) is 19. The Morgan fingerprint density at radius 1 is 0.442 bits per heavy atom. The molecule has 0 radical (unpaired) electrons. The van der Waals surface area contributed by atoms with Gasteiger partial charge in [-0.05, 0) is 52.9 Å². The van der Waals surface area contributed by atoms with Crippen LogP contribution < -0.4 is 81.8 Å². The average Bonchev–Trinajstić information content (AvgIpc) is 2.61. The average molecular weight is 1230 g/mol. The van der Waals surface area contributed by atoms with Crippen LogP contribution in [0, 0.1) is 0 Å². The molecule has 33 nitrogen and oxygen atoms in total. The fourth-order valence-corrected chi connectivity index (χ4v) is 8.33. The summed E-state index contributed by atoms with van der Waals surface area (Å²) in [4.78, 5) is 164. The van der Waals surface area contributed by atoms with Gasteiger partial charge in [-0.25, -0.2) is 0 Å². The Kier molecular flexibility index (Phi) is 40.4. The van der Waals surface area contributed by atoms with Crippen LogP contribution in [0.3, 0.4) is 0 Å². The third-order valence-electron chi connectivity index (χ3n) is 13.1. The fraction of sp³-hybridized carbons (Fsp3) is 0.736. The van der Waals surface area contributed by atoms with Crippen molar-refractivity contribution >= 4 is 82.9 Å². The van der Waals surface area contributed by atoms with E-state index in [-0.39, 0.29) is 57.1 Å². The van der Waals surface area contributed by atoms with Gasteiger partial charge in [0.05, 0.1) is 38.2 Å². The molecule has 33 heteroatoms. The highest BCUT2D eigenvalue weighted by Gasteiger charge is 2.36. The monoisotopic (exact) mass is 1230 g/mol. The molecule has 0 rings (SSSR count). The number of aliphatic hydroxyl groups is 3. The van der Waals surface area contributed by atoms with Crippen molar-refractivity contribution in [1.29, 1.82) is 0 Å². The zero-order chi connectivity index (χ0) is 65.3. The van der Waals surface area contributed by atoms with Crippen molar-refractivity contribution in [2.45, 2.75) is 217 Å². The van der Waals surface area contributed by atoms with Crippen LogP contribution in [-0.4, -0.2) is 197 Å². The number of nitrogens with zero attached hydrogens (tertiary/aromatic N) is 2. The van der Waals surface area contributed by atoms with Crippen molar-refractivity contribution in [1.82, 2.24) is 53.2 Å². The highest BCUT2D eigenvalue weighted by atomic mass is 16.4. The number of amides is 11. The number of carboxylic acid groups (broad SMARTS) is 1. The van der Waals surface area contributed by atoms with Gasteiger partial charge in [0.15, 0.2) is 11.9 Å². The molecule has 11 amide bonds. The molecule has 0 bridgehead atoms. The van der Waals surface area contributed by atoms with E-state index in [0.29, 0.717) is 6.42 Å². The van der Waals surface area contributed by atoms with Crippen LogP contribution >= 0.6 is 0 Å². The lowest BCUT2D eigenvalue weighted by molar-refractivity contribution is -0.142. The van der Waals surface area contributed by atoms with Gasteiger partial charge >= 0.3 is 5.97 Å². The van der Waals surface area contributed by atoms with Gasteiger partial charge in [-0.3, -0.25) is 67.5 Å². The maximum Gasteiger partial charge on any atom is 0.305 e. The molecule has 0 aromatic heterocycles. The first-order valence-corrected chi connectivity index (χ1v) is 29.1. The largest absolute Gasteiger partial charge is 0.481 e. The maximum absolute atomic E-state index is 13.7. The minimum atomic E-state index is -2.02. The van der Waals surface area contributed by atoms with E-state index in [9.17, 15) is 78.0 Å². The Bertz CT molecular complexity index is 2250. The van der Waals surface area contributed by atoms with Gasteiger partial charge in [-0.2, -0.15) is 0 Å². The van der Waals surface area contributed by atoms with E-state index in [2.05, 4.69) is 70.1 Å². The molecule has 0 heterocycles. The van der Waals surface area contributed by atoms with Crippen LogP contribution in [0.4, 0.5) is 0 Å². The number of likely N-dealkylation sites (N-methyl/N-ethyl adjacent to an activating group) is 1. The van der Waals surface area contributed by atoms with Crippen LogP contribution in [0.2, 0.25) is 0 Å². The first-order chi connectivity index (χ1) is 40.6. The number of guanidine groups is 2. The van der Waals surface area contributed by atoms with Gasteiger partial charge < -0.3 is 102 Å². The summed E-state index contributed by atoms with van der Waals surface area (Å²) in [5, 5.41) is 63.4. The Morgan fingerprint density at radius 2 is 0.849 bits per heavy atom. The second-order valence-corrected chi connectivity index (χ2v) is 20.8. The summed E-state index contributed by atoms with van der Waals surface area (Å²) in [6.45, 7) is 3.70. The number of carboxylic acids is 1. The summed E-state index contributed by atoms with van der Waals surface area (Å²) in [6, 6.07) is -13.2. The van der Waals surface area contributed by atoms with Crippen molar-refractivity contribution in [2.24, 2.45) is 38.7 Å². The summed E-state index contributed by atoms with van der Waals surface area (Å²) < 4.78 is 0. The Labute approximate surface area is 501 Å². The second kappa shape index (κ2) is 44.5. The van der Waals surface area contributed by atoms with Gasteiger partial charge in [-0.15, -0.1) is 0 Å². The number of aliphatic imine (C=N–C) groups is 2. The number of primary amides is 1. The van der Waals surface area contributed by atoms with Gasteiger partial charge in [0, 0.05) is 26.6 Å². The SMILES string of the molecule is CCCCCCCCCCCCCCCC(=O)N[C@H](C(=O)N[C@@H](CC(N)=O)C(=O)N[C@@H](C)C(=O)NCC(=O)N[C@@H](CCCN=C(N)N)C(=O)N[C@@H](CO)C(=O)N[C@@H](CC(=O)O)C(=O)N[C@H](C(=O)N[C@@H](CCCN=C(N)N)C(=O)NC)[C@@H](C)O)[C@@H](C)O. The molecule has 0 saturated heterocycles. The Balaban J connectivity index is 5.85. The van der Waals surface area contributed by atoms with Gasteiger partial charge in [0.25, 0.3) is 0 Å². The summed E-state index contributed by atoms with van der Waals surface area (Å²) in [6.07, 6.45) is 9.35. The third-order valence-corrected chi connectivity index (χ3v) is 13.1. The van der Waals surface area contributed by atoms with Gasteiger partial charge in [-0.1, -0.05) is 84.0 Å². The number of aliphatic hydroxyl groups excluding tert-OH is 3. The Morgan fingerprint density at radius 3 is 1.30 bits per heavy atom. The van der Waals surface area contributed by atoms with Crippen molar-refractivity contribution in [3.63, 3.8) is 0 Å². The molecule has 0 spiro atoms. The predicted molar refractivity (Wildman–Crippen MR) is 315 cm³/mol. The third kappa shape index (κ3) is 35.4. The second-order valence-electron chi connectivity index (χ2n) is 20.8. The van der Waals surface area contributed by atoms with E-state index in [4.69, 9.17) is 28.7 Å². The van der Waals surface area contributed by atoms with Crippen LogP contribution in [0.1, 0.15) is 156 Å². The fourth-order valence-electron chi connectivity index (χ4n) is 8.33. The number of carbonyl (C=O) groups is 12. The van der Waals surface area contributed by atoms with Crippen LogP contribution in [-0.2, 0) is 57.5 Å². The number of hydrogen-bond acceptors (Lipinski definition) is 17. The summed E-state index contributed by atoms with van der Waals surface area (Å²) in [5.41, 5.74) is 26.8. The standard InChI is InChI=1S/C53H97N17O16/c1-6-7-8-9-10-11-12-13-14-15-16-17-18-23-39(75)69-42(31(3)72)50(85)67-35(26-38(54)74)47(82)63-30(2)44(79)62-28-40(76)64-34(22-20-25-61-53(57)58)46(81)68-37(29-71)49(84)66-36(27-41(77)78)48(83)70-43(32(4)73)51(86)65-33(45(80)59-5)21-19-24-60-52(55)56/h30-37,42-43,71-73H,6-29H2,1-5H3,(H2,54,74)(H,59,80)(H,62,79)(H,63,82)(H,64,76)(H,65,86)(H,66,84)(H,67,85)(H,68,81)(H,69,75)(H,70,83)(H,77,78)(H4,55,56,60)(H4,57,58,61)/t30-,31+,32+,33-,34-,35-,36-,37-,42-,43-/m0/s1. The van der Waals surface area contributed by atoms with E-state index < -0.39 is 157 Å². The summed E-state index contributed by atoms with van der Waals surface area (Å²) in [7, 11) is 1.29. The molecule has 0 aliphatic carbocycles. The zero-order valence-corrected chi connectivity index (χ0v) is 50.2. The number of carbonyl (C=O) groups excluding carboxylic acids is 11. The molecule has 24 N–H and O–H groups in total. The lowest BCUT2D eigenvalue weighted by atomic mass is 10.0. The molecule has 0 aliphatic rings. The van der Waals surface area contributed by atoms with E-state index in [1.807, 2.05) is 0 Å². The lowest BCUT2D eigenvalue weighted by Crippen LogP contribution is -2.61. The molecular formula is C53H97N17O16. The van der Waals surface area contributed by atoms with E-state index in [1.54, 1.807) is 0 Å². The first-order valence-electron chi connectivity index (χ1n) is 29.1. The number of aliphatic carboxylic acids is 1.